The Hall–Kier alpha value is -1.46. The van der Waals surface area contributed by atoms with E-state index in [4.69, 9.17) is 10.7 Å². The molecule has 0 saturated carbocycles. The van der Waals surface area contributed by atoms with Gasteiger partial charge in [0.05, 0.1) is 18.1 Å². The third-order valence-electron chi connectivity index (χ3n) is 1.97. The van der Waals surface area contributed by atoms with Crippen molar-refractivity contribution < 1.29 is 4.84 Å². The first kappa shape index (κ1) is 8.15. The van der Waals surface area contributed by atoms with Crippen LogP contribution in [-0.2, 0) is 4.84 Å². The standard InChI is InChI=1S/C8H10N4O/c1-6(13-9)7-4-11-8-5-10-2-3-12(7)8/h2-6H,9H2,1H3. The summed E-state index contributed by atoms with van der Waals surface area (Å²) in [6.07, 6.45) is 6.77. The average Bonchev–Trinajstić information content (AvgIpc) is 2.60. The number of hydrogen-bond acceptors (Lipinski definition) is 4. The molecular weight excluding hydrogens is 168 g/mol. The van der Waals surface area contributed by atoms with E-state index < -0.39 is 0 Å². The van der Waals surface area contributed by atoms with Gasteiger partial charge in [-0.25, -0.2) is 10.9 Å². The Kier molecular flexibility index (Phi) is 1.96. The van der Waals surface area contributed by atoms with E-state index in [0.29, 0.717) is 0 Å². The smallest absolute Gasteiger partial charge is 0.155 e. The van der Waals surface area contributed by atoms with E-state index in [1.165, 1.54) is 0 Å². The summed E-state index contributed by atoms with van der Waals surface area (Å²) in [4.78, 5) is 12.8. The summed E-state index contributed by atoms with van der Waals surface area (Å²) in [6, 6.07) is 0. The molecule has 0 aliphatic carbocycles. The maximum atomic E-state index is 5.10. The Morgan fingerprint density at radius 2 is 2.38 bits per heavy atom. The van der Waals surface area contributed by atoms with Crippen LogP contribution in [0.3, 0.4) is 0 Å². The van der Waals surface area contributed by atoms with Crippen LogP contribution in [0.15, 0.2) is 24.8 Å². The van der Waals surface area contributed by atoms with Crippen molar-refractivity contribution >= 4 is 5.65 Å². The molecular formula is C8H10N4O. The van der Waals surface area contributed by atoms with Gasteiger partial charge in [-0.3, -0.25) is 14.2 Å². The zero-order valence-corrected chi connectivity index (χ0v) is 7.21. The second-order valence-electron chi connectivity index (χ2n) is 2.77. The van der Waals surface area contributed by atoms with E-state index in [1.807, 2.05) is 17.5 Å². The Morgan fingerprint density at radius 1 is 1.54 bits per heavy atom. The molecule has 0 saturated heterocycles. The van der Waals surface area contributed by atoms with Gasteiger partial charge in [0.15, 0.2) is 5.65 Å². The molecule has 13 heavy (non-hydrogen) atoms. The van der Waals surface area contributed by atoms with Gasteiger partial charge in [-0.2, -0.15) is 0 Å². The summed E-state index contributed by atoms with van der Waals surface area (Å²) in [6.45, 7) is 1.86. The fraction of sp³-hybridized carbons (Fsp3) is 0.250. The molecule has 1 unspecified atom stereocenters. The van der Waals surface area contributed by atoms with Crippen LogP contribution < -0.4 is 5.90 Å². The van der Waals surface area contributed by atoms with Gasteiger partial charge in [-0.05, 0) is 6.92 Å². The van der Waals surface area contributed by atoms with Gasteiger partial charge in [0.25, 0.3) is 0 Å². The molecule has 68 valence electrons. The molecule has 0 spiro atoms. The van der Waals surface area contributed by atoms with Crippen molar-refractivity contribution in [2.45, 2.75) is 13.0 Å². The van der Waals surface area contributed by atoms with E-state index in [0.717, 1.165) is 11.3 Å². The SMILES string of the molecule is CC(ON)c1cnc2cnccn12. The third kappa shape index (κ3) is 1.28. The number of nitrogens with zero attached hydrogens (tertiary/aromatic N) is 3. The second kappa shape index (κ2) is 3.12. The van der Waals surface area contributed by atoms with Crippen molar-refractivity contribution in [3.8, 4) is 0 Å². The Labute approximate surface area is 75.1 Å². The summed E-state index contributed by atoms with van der Waals surface area (Å²) in [5, 5.41) is 0. The van der Waals surface area contributed by atoms with Crippen molar-refractivity contribution in [3.05, 3.63) is 30.5 Å². The minimum absolute atomic E-state index is 0.169. The third-order valence-corrected chi connectivity index (χ3v) is 1.97. The predicted octanol–water partition coefficient (Wildman–Crippen LogP) is 0.681. The Morgan fingerprint density at radius 3 is 3.15 bits per heavy atom. The first-order chi connectivity index (χ1) is 6.33. The topological polar surface area (TPSA) is 65.4 Å². The van der Waals surface area contributed by atoms with Gasteiger partial charge in [0.2, 0.25) is 0 Å². The van der Waals surface area contributed by atoms with Crippen LogP contribution in [0.25, 0.3) is 5.65 Å². The van der Waals surface area contributed by atoms with Crippen molar-refractivity contribution in [1.29, 1.82) is 0 Å². The first-order valence-electron chi connectivity index (χ1n) is 3.95. The van der Waals surface area contributed by atoms with E-state index in [2.05, 4.69) is 9.97 Å². The summed E-state index contributed by atoms with van der Waals surface area (Å²) in [7, 11) is 0. The summed E-state index contributed by atoms with van der Waals surface area (Å²) >= 11 is 0. The number of fused-ring (bicyclic) bond motifs is 1. The van der Waals surface area contributed by atoms with Crippen LogP contribution in [0.5, 0.6) is 0 Å². The lowest BCUT2D eigenvalue weighted by Gasteiger charge is -2.06. The van der Waals surface area contributed by atoms with Crippen molar-refractivity contribution in [3.63, 3.8) is 0 Å². The fourth-order valence-electron chi connectivity index (χ4n) is 1.23. The fourth-order valence-corrected chi connectivity index (χ4v) is 1.23. The lowest BCUT2D eigenvalue weighted by molar-refractivity contribution is 0.0628. The normalized spacial score (nSPS) is 13.4. The largest absolute Gasteiger partial charge is 0.299 e. The number of aromatic nitrogens is 3. The number of imidazole rings is 1. The molecule has 2 aromatic heterocycles. The first-order valence-corrected chi connectivity index (χ1v) is 3.95. The predicted molar refractivity (Wildman–Crippen MR) is 46.7 cm³/mol. The van der Waals surface area contributed by atoms with Crippen LogP contribution in [0.1, 0.15) is 18.7 Å². The molecule has 2 heterocycles. The minimum Gasteiger partial charge on any atom is -0.299 e. The molecule has 0 fully saturated rings. The lowest BCUT2D eigenvalue weighted by Crippen LogP contribution is -2.07. The summed E-state index contributed by atoms with van der Waals surface area (Å²) in [5.41, 5.74) is 1.71. The van der Waals surface area contributed by atoms with Crippen molar-refractivity contribution in [1.82, 2.24) is 14.4 Å². The zero-order valence-electron chi connectivity index (χ0n) is 7.21. The van der Waals surface area contributed by atoms with Gasteiger partial charge in [0.1, 0.15) is 6.10 Å². The summed E-state index contributed by atoms with van der Waals surface area (Å²) < 4.78 is 1.89. The van der Waals surface area contributed by atoms with Gasteiger partial charge in [0, 0.05) is 12.4 Å². The number of nitrogens with two attached hydrogens (primary N) is 1. The highest BCUT2D eigenvalue weighted by atomic mass is 16.6. The van der Waals surface area contributed by atoms with Crippen LogP contribution in [0.4, 0.5) is 0 Å². The van der Waals surface area contributed by atoms with E-state index in [-0.39, 0.29) is 6.10 Å². The van der Waals surface area contributed by atoms with Gasteiger partial charge < -0.3 is 0 Å². The quantitative estimate of drug-likeness (QED) is 0.687. The molecule has 2 N–H and O–H groups in total. The highest BCUT2D eigenvalue weighted by Crippen LogP contribution is 2.15. The molecule has 5 nitrogen and oxygen atoms in total. The maximum Gasteiger partial charge on any atom is 0.155 e. The molecule has 1 atom stereocenters. The molecule has 0 radical (unpaired) electrons. The van der Waals surface area contributed by atoms with Crippen molar-refractivity contribution in [2.75, 3.05) is 0 Å². The maximum absolute atomic E-state index is 5.10. The van der Waals surface area contributed by atoms with Gasteiger partial charge in [-0.1, -0.05) is 0 Å². The second-order valence-corrected chi connectivity index (χ2v) is 2.77. The molecule has 0 aromatic carbocycles. The molecule has 0 aliphatic rings. The Bertz CT molecular complexity index is 411. The molecule has 2 rings (SSSR count). The van der Waals surface area contributed by atoms with E-state index in [9.17, 15) is 0 Å². The number of rotatable bonds is 2. The number of hydrogen-bond donors (Lipinski definition) is 1. The minimum atomic E-state index is -0.169. The zero-order chi connectivity index (χ0) is 9.26. The molecule has 5 heteroatoms. The summed E-state index contributed by atoms with van der Waals surface area (Å²) in [5.74, 6) is 5.10. The molecule has 0 bridgehead atoms. The van der Waals surface area contributed by atoms with Gasteiger partial charge in [-0.15, -0.1) is 0 Å². The van der Waals surface area contributed by atoms with Crippen LogP contribution in [-0.4, -0.2) is 14.4 Å². The van der Waals surface area contributed by atoms with E-state index >= 15 is 0 Å². The average molecular weight is 178 g/mol. The van der Waals surface area contributed by atoms with Crippen LogP contribution in [0.2, 0.25) is 0 Å². The van der Waals surface area contributed by atoms with E-state index in [1.54, 1.807) is 18.6 Å². The lowest BCUT2D eigenvalue weighted by atomic mass is 10.3. The monoisotopic (exact) mass is 178 g/mol. The highest BCUT2D eigenvalue weighted by Gasteiger charge is 2.09. The van der Waals surface area contributed by atoms with Gasteiger partial charge >= 0.3 is 0 Å². The van der Waals surface area contributed by atoms with Crippen molar-refractivity contribution in [2.24, 2.45) is 5.90 Å². The van der Waals surface area contributed by atoms with Crippen LogP contribution >= 0.6 is 0 Å². The molecule has 0 amide bonds. The molecule has 0 aliphatic heterocycles. The van der Waals surface area contributed by atoms with Crippen LogP contribution in [0, 0.1) is 0 Å². The molecule has 2 aromatic rings. The Balaban J connectivity index is 2.57. The highest BCUT2D eigenvalue weighted by molar-refractivity contribution is 5.37.